The van der Waals surface area contributed by atoms with Crippen molar-refractivity contribution in [3.8, 4) is 0 Å². The number of aryl methyl sites for hydroxylation is 1. The predicted molar refractivity (Wildman–Crippen MR) is 112 cm³/mol. The van der Waals surface area contributed by atoms with Crippen LogP contribution in [0.3, 0.4) is 0 Å². The van der Waals surface area contributed by atoms with E-state index < -0.39 is 0 Å². The van der Waals surface area contributed by atoms with Crippen molar-refractivity contribution in [2.24, 2.45) is 0 Å². The molecule has 1 heterocycles. The first-order valence-electron chi connectivity index (χ1n) is 8.89. The largest absolute Gasteiger partial charge is 0.321 e. The number of nitrogens with one attached hydrogen (secondary N) is 1. The Bertz CT molecular complexity index is 1020. The maximum absolute atomic E-state index is 13.0. The number of pyridine rings is 1. The Morgan fingerprint density at radius 1 is 1.04 bits per heavy atom. The number of carbonyl (C=O) groups excluding carboxylic acids is 2. The lowest BCUT2D eigenvalue weighted by Crippen LogP contribution is -2.31. The Morgan fingerprint density at radius 2 is 1.79 bits per heavy atom. The quantitative estimate of drug-likeness (QED) is 0.666. The minimum atomic E-state index is -0.381. The Balaban J connectivity index is 1.84. The van der Waals surface area contributed by atoms with Gasteiger partial charge in [0, 0.05) is 24.6 Å². The zero-order chi connectivity index (χ0) is 20.1. The third kappa shape index (κ3) is 4.38. The van der Waals surface area contributed by atoms with Gasteiger partial charge in [-0.2, -0.15) is 0 Å². The summed E-state index contributed by atoms with van der Waals surface area (Å²) in [6.45, 7) is 4.38. The summed E-state index contributed by atoms with van der Waals surface area (Å²) in [5, 5.41) is 3.18. The molecule has 28 heavy (non-hydrogen) atoms. The Morgan fingerprint density at radius 3 is 2.50 bits per heavy atom. The lowest BCUT2D eigenvalue weighted by Gasteiger charge is -2.21. The molecule has 1 aromatic heterocycles. The van der Waals surface area contributed by atoms with Crippen molar-refractivity contribution in [3.05, 3.63) is 88.7 Å². The first kappa shape index (κ1) is 19.6. The molecule has 3 rings (SSSR count). The number of amides is 2. The fraction of sp³-hybridized carbons (Fsp3) is 0.136. The summed E-state index contributed by atoms with van der Waals surface area (Å²) in [4.78, 5) is 31.3. The van der Waals surface area contributed by atoms with Gasteiger partial charge in [-0.25, -0.2) is 0 Å². The molecule has 0 aliphatic heterocycles. The molecule has 0 fully saturated rings. The highest BCUT2D eigenvalue weighted by molar-refractivity contribution is 6.33. The lowest BCUT2D eigenvalue weighted by atomic mass is 10.1. The van der Waals surface area contributed by atoms with Gasteiger partial charge in [-0.1, -0.05) is 35.9 Å². The van der Waals surface area contributed by atoms with Crippen molar-refractivity contribution in [1.29, 1.82) is 0 Å². The molecule has 0 saturated carbocycles. The van der Waals surface area contributed by atoms with Crippen LogP contribution in [0.25, 0.3) is 0 Å². The van der Waals surface area contributed by atoms with E-state index in [1.165, 1.54) is 12.4 Å². The van der Waals surface area contributed by atoms with Gasteiger partial charge in [0.15, 0.2) is 0 Å². The molecule has 1 N–H and O–H groups in total. The highest BCUT2D eigenvalue weighted by Crippen LogP contribution is 2.22. The summed E-state index contributed by atoms with van der Waals surface area (Å²) in [7, 11) is 0. The predicted octanol–water partition coefficient (Wildman–Crippen LogP) is 4.96. The molecule has 6 heteroatoms. The molecular weight excluding hydrogens is 374 g/mol. The number of hydrogen-bond donors (Lipinski definition) is 1. The summed E-state index contributed by atoms with van der Waals surface area (Å²) in [6, 6.07) is 16.2. The molecule has 0 aliphatic rings. The molecule has 5 nitrogen and oxygen atoms in total. The van der Waals surface area contributed by atoms with Crippen LogP contribution in [0.2, 0.25) is 5.02 Å². The summed E-state index contributed by atoms with van der Waals surface area (Å²) in [5.41, 5.74) is 3.00. The molecule has 0 saturated heterocycles. The number of aromatic nitrogens is 1. The van der Waals surface area contributed by atoms with Gasteiger partial charge < -0.3 is 10.2 Å². The van der Waals surface area contributed by atoms with Crippen LogP contribution in [0.1, 0.15) is 33.2 Å². The molecule has 0 radical (unpaired) electrons. The van der Waals surface area contributed by atoms with Crippen molar-refractivity contribution in [2.75, 3.05) is 16.8 Å². The van der Waals surface area contributed by atoms with E-state index in [1.54, 1.807) is 35.2 Å². The monoisotopic (exact) mass is 393 g/mol. The first-order valence-corrected chi connectivity index (χ1v) is 9.27. The molecule has 142 valence electrons. The van der Waals surface area contributed by atoms with Gasteiger partial charge in [0.05, 0.1) is 21.8 Å². The number of carbonyl (C=O) groups is 2. The number of para-hydroxylation sites is 1. The molecule has 0 unspecified atom stereocenters. The molecule has 2 aromatic carbocycles. The smallest absolute Gasteiger partial charge is 0.259 e. The maximum Gasteiger partial charge on any atom is 0.259 e. The molecule has 0 atom stereocenters. The van der Waals surface area contributed by atoms with Crippen molar-refractivity contribution < 1.29 is 9.59 Å². The van der Waals surface area contributed by atoms with Crippen molar-refractivity contribution in [2.45, 2.75) is 13.8 Å². The van der Waals surface area contributed by atoms with E-state index in [9.17, 15) is 9.59 Å². The zero-order valence-corrected chi connectivity index (χ0v) is 16.4. The molecular formula is C22H20ClN3O2. The summed E-state index contributed by atoms with van der Waals surface area (Å²) in [5.74, 6) is -0.596. The van der Waals surface area contributed by atoms with E-state index >= 15 is 0 Å². The van der Waals surface area contributed by atoms with Crippen LogP contribution in [0, 0.1) is 6.92 Å². The van der Waals surface area contributed by atoms with Crippen LogP contribution in [0.4, 0.5) is 11.4 Å². The van der Waals surface area contributed by atoms with E-state index in [-0.39, 0.29) is 17.4 Å². The highest BCUT2D eigenvalue weighted by atomic mass is 35.5. The minimum Gasteiger partial charge on any atom is -0.321 e. The van der Waals surface area contributed by atoms with Crippen molar-refractivity contribution in [1.82, 2.24) is 4.98 Å². The van der Waals surface area contributed by atoms with Gasteiger partial charge in [-0.05, 0) is 49.7 Å². The fourth-order valence-electron chi connectivity index (χ4n) is 2.83. The molecule has 3 aromatic rings. The standard InChI is InChI=1S/C22H20ClN3O2/c1-3-26(18-8-6-7-15(2)11-18)22(28)17-12-16(13-24-14-17)21(27)25-20-10-5-4-9-19(20)23/h4-14H,3H2,1-2H3,(H,25,27). The second kappa shape index (κ2) is 8.67. The molecule has 2 amide bonds. The Labute approximate surface area is 169 Å². The number of hydrogen-bond acceptors (Lipinski definition) is 3. The number of nitrogens with zero attached hydrogens (tertiary/aromatic N) is 2. The summed E-state index contributed by atoms with van der Waals surface area (Å²) in [6.07, 6.45) is 2.89. The van der Waals surface area contributed by atoms with Gasteiger partial charge in [-0.3, -0.25) is 14.6 Å². The van der Waals surface area contributed by atoms with E-state index in [2.05, 4.69) is 10.3 Å². The number of halogens is 1. The van der Waals surface area contributed by atoms with Crippen LogP contribution in [-0.2, 0) is 0 Å². The summed E-state index contributed by atoms with van der Waals surface area (Å²) >= 11 is 6.09. The minimum absolute atomic E-state index is 0.215. The topological polar surface area (TPSA) is 62.3 Å². The van der Waals surface area contributed by atoms with Crippen LogP contribution < -0.4 is 10.2 Å². The molecule has 0 bridgehead atoms. The maximum atomic E-state index is 13.0. The van der Waals surface area contributed by atoms with Gasteiger partial charge in [0.1, 0.15) is 0 Å². The van der Waals surface area contributed by atoms with E-state index in [4.69, 9.17) is 11.6 Å². The second-order valence-corrected chi connectivity index (χ2v) is 6.69. The molecule has 0 aliphatic carbocycles. The first-order chi connectivity index (χ1) is 13.5. The Hall–Kier alpha value is -3.18. The lowest BCUT2D eigenvalue weighted by molar-refractivity contribution is 0.0988. The van der Waals surface area contributed by atoms with E-state index in [0.717, 1.165) is 11.3 Å². The van der Waals surface area contributed by atoms with Crippen LogP contribution in [0.15, 0.2) is 67.0 Å². The average Bonchev–Trinajstić information content (AvgIpc) is 2.70. The SMILES string of the molecule is CCN(C(=O)c1cncc(C(=O)Nc2ccccc2Cl)c1)c1cccc(C)c1. The van der Waals surface area contributed by atoms with E-state index in [1.807, 2.05) is 38.1 Å². The number of rotatable bonds is 5. The normalized spacial score (nSPS) is 10.4. The third-order valence-corrected chi connectivity index (χ3v) is 4.57. The Kier molecular flexibility index (Phi) is 6.06. The third-order valence-electron chi connectivity index (χ3n) is 4.24. The van der Waals surface area contributed by atoms with Crippen molar-refractivity contribution >= 4 is 34.8 Å². The fourth-order valence-corrected chi connectivity index (χ4v) is 3.02. The number of benzene rings is 2. The van der Waals surface area contributed by atoms with E-state index in [0.29, 0.717) is 22.8 Å². The molecule has 0 spiro atoms. The zero-order valence-electron chi connectivity index (χ0n) is 15.6. The highest BCUT2D eigenvalue weighted by Gasteiger charge is 2.18. The van der Waals surface area contributed by atoms with Gasteiger partial charge in [-0.15, -0.1) is 0 Å². The van der Waals surface area contributed by atoms with Gasteiger partial charge >= 0.3 is 0 Å². The second-order valence-electron chi connectivity index (χ2n) is 6.28. The van der Waals surface area contributed by atoms with Gasteiger partial charge in [0.25, 0.3) is 11.8 Å². The van der Waals surface area contributed by atoms with Crippen LogP contribution in [-0.4, -0.2) is 23.3 Å². The average molecular weight is 394 g/mol. The number of anilines is 2. The van der Waals surface area contributed by atoms with Gasteiger partial charge in [0.2, 0.25) is 0 Å². The van der Waals surface area contributed by atoms with Crippen LogP contribution in [0.5, 0.6) is 0 Å². The van der Waals surface area contributed by atoms with Crippen LogP contribution >= 0.6 is 11.6 Å². The van der Waals surface area contributed by atoms with Crippen molar-refractivity contribution in [3.63, 3.8) is 0 Å². The summed E-state index contributed by atoms with van der Waals surface area (Å²) < 4.78 is 0.